The second-order valence-corrected chi connectivity index (χ2v) is 9.73. The molecule has 0 aliphatic carbocycles. The van der Waals surface area contributed by atoms with E-state index in [-0.39, 0.29) is 28.9 Å². The first-order valence-corrected chi connectivity index (χ1v) is 13.6. The van der Waals surface area contributed by atoms with Gasteiger partial charge in [0.25, 0.3) is 0 Å². The molecule has 38 heavy (non-hydrogen) atoms. The van der Waals surface area contributed by atoms with E-state index in [4.69, 9.17) is 9.47 Å². The molecule has 1 aromatic carbocycles. The van der Waals surface area contributed by atoms with Crippen LogP contribution in [0.1, 0.15) is 83.7 Å². The maximum atomic E-state index is 15.1. The van der Waals surface area contributed by atoms with Gasteiger partial charge in [0, 0.05) is 24.4 Å². The minimum atomic E-state index is -3.16. The lowest BCUT2D eigenvalue weighted by Crippen LogP contribution is -2.30. The van der Waals surface area contributed by atoms with Gasteiger partial charge in [0.15, 0.2) is 17.6 Å². The normalized spacial score (nSPS) is 15.6. The molecule has 0 spiro atoms. The summed E-state index contributed by atoms with van der Waals surface area (Å²) >= 11 is 0. The van der Waals surface area contributed by atoms with E-state index in [1.165, 1.54) is 6.07 Å². The topological polar surface area (TPSA) is 74.2 Å². The van der Waals surface area contributed by atoms with Crippen LogP contribution in [0, 0.1) is 0 Å². The van der Waals surface area contributed by atoms with E-state index in [1.807, 2.05) is 12.1 Å². The minimum Gasteiger partial charge on any atom is -0.482 e. The van der Waals surface area contributed by atoms with Crippen LogP contribution in [0.15, 0.2) is 48.8 Å². The fourth-order valence-corrected chi connectivity index (χ4v) is 4.48. The van der Waals surface area contributed by atoms with Crippen LogP contribution in [0.25, 0.3) is 22.6 Å². The fraction of sp³-hybridized carbons (Fsp3) is 0.467. The van der Waals surface area contributed by atoms with Gasteiger partial charge in [0.05, 0.1) is 0 Å². The number of halogens is 2. The number of carbonyl (C=O) groups excluding carboxylic acids is 1. The monoisotopic (exact) mass is 523 g/mol. The van der Waals surface area contributed by atoms with Crippen molar-refractivity contribution in [3.63, 3.8) is 0 Å². The van der Waals surface area contributed by atoms with E-state index >= 15 is 8.78 Å². The largest absolute Gasteiger partial charge is 0.482 e. The van der Waals surface area contributed by atoms with Crippen molar-refractivity contribution in [3.05, 3.63) is 54.5 Å². The SMILES string of the molecule is CCCCCCCC1Oc2ccc(-c3ncc(-c4ccc(OC(=O)CCCCC)cc4)cn3)nc2C1(F)F. The molecule has 0 bridgehead atoms. The molecule has 2 aromatic heterocycles. The van der Waals surface area contributed by atoms with Crippen molar-refractivity contribution in [2.24, 2.45) is 0 Å². The van der Waals surface area contributed by atoms with Gasteiger partial charge in [-0.3, -0.25) is 4.79 Å². The third-order valence-electron chi connectivity index (χ3n) is 6.70. The highest BCUT2D eigenvalue weighted by molar-refractivity contribution is 5.73. The highest BCUT2D eigenvalue weighted by atomic mass is 19.3. The van der Waals surface area contributed by atoms with Gasteiger partial charge in [0.2, 0.25) is 0 Å². The summed E-state index contributed by atoms with van der Waals surface area (Å²) in [4.78, 5) is 24.9. The molecular formula is C30H35F2N3O3. The van der Waals surface area contributed by atoms with E-state index in [0.717, 1.165) is 56.1 Å². The molecule has 1 unspecified atom stereocenters. The molecule has 0 amide bonds. The molecule has 6 nitrogen and oxygen atoms in total. The van der Waals surface area contributed by atoms with Crippen molar-refractivity contribution in [2.75, 3.05) is 0 Å². The summed E-state index contributed by atoms with van der Waals surface area (Å²) in [5.74, 6) is -2.53. The lowest BCUT2D eigenvalue weighted by atomic mass is 10.0. The predicted molar refractivity (Wildman–Crippen MR) is 142 cm³/mol. The first-order chi connectivity index (χ1) is 18.4. The average molecular weight is 524 g/mol. The fourth-order valence-electron chi connectivity index (χ4n) is 4.48. The van der Waals surface area contributed by atoms with Crippen LogP contribution in [0.2, 0.25) is 0 Å². The van der Waals surface area contributed by atoms with Gasteiger partial charge >= 0.3 is 11.9 Å². The molecule has 1 atom stereocenters. The number of aromatic nitrogens is 3. The van der Waals surface area contributed by atoms with Gasteiger partial charge in [-0.25, -0.2) is 15.0 Å². The van der Waals surface area contributed by atoms with Crippen LogP contribution >= 0.6 is 0 Å². The lowest BCUT2D eigenvalue weighted by Gasteiger charge is -2.17. The Morgan fingerprint density at radius 1 is 0.895 bits per heavy atom. The summed E-state index contributed by atoms with van der Waals surface area (Å²) in [7, 11) is 0. The lowest BCUT2D eigenvalue weighted by molar-refractivity contribution is -0.134. The summed E-state index contributed by atoms with van der Waals surface area (Å²) in [5, 5.41) is 0. The Kier molecular flexibility index (Phi) is 9.37. The summed E-state index contributed by atoms with van der Waals surface area (Å²) in [6.07, 6.45) is 10.5. The Bertz CT molecular complexity index is 1200. The van der Waals surface area contributed by atoms with Crippen LogP contribution < -0.4 is 9.47 Å². The van der Waals surface area contributed by atoms with E-state index in [9.17, 15) is 4.79 Å². The van der Waals surface area contributed by atoms with Gasteiger partial charge < -0.3 is 9.47 Å². The molecular weight excluding hydrogens is 488 g/mol. The molecule has 1 aliphatic heterocycles. The van der Waals surface area contributed by atoms with Crippen LogP contribution in [0.3, 0.4) is 0 Å². The highest BCUT2D eigenvalue weighted by Crippen LogP contribution is 2.46. The van der Waals surface area contributed by atoms with Gasteiger partial charge in [-0.1, -0.05) is 64.5 Å². The summed E-state index contributed by atoms with van der Waals surface area (Å²) in [6.45, 7) is 4.21. The molecule has 8 heteroatoms. The number of fused-ring (bicyclic) bond motifs is 1. The van der Waals surface area contributed by atoms with Crippen molar-refractivity contribution in [1.82, 2.24) is 15.0 Å². The van der Waals surface area contributed by atoms with E-state index in [2.05, 4.69) is 28.8 Å². The second kappa shape index (κ2) is 12.9. The molecule has 202 valence electrons. The minimum absolute atomic E-state index is 0.125. The number of alkyl halides is 2. The second-order valence-electron chi connectivity index (χ2n) is 9.73. The number of ether oxygens (including phenoxy) is 2. The molecule has 1 aliphatic rings. The van der Waals surface area contributed by atoms with Gasteiger partial charge in [0.1, 0.15) is 17.2 Å². The molecule has 0 saturated heterocycles. The van der Waals surface area contributed by atoms with Crippen LogP contribution in [-0.2, 0) is 10.7 Å². The summed E-state index contributed by atoms with van der Waals surface area (Å²) in [5.41, 5.74) is 1.51. The number of hydrogen-bond donors (Lipinski definition) is 0. The molecule has 0 fully saturated rings. The number of esters is 1. The number of hydrogen-bond acceptors (Lipinski definition) is 6. The number of benzene rings is 1. The van der Waals surface area contributed by atoms with Gasteiger partial charge in [-0.2, -0.15) is 8.78 Å². The highest BCUT2D eigenvalue weighted by Gasteiger charge is 2.52. The van der Waals surface area contributed by atoms with Crippen molar-refractivity contribution < 1.29 is 23.0 Å². The van der Waals surface area contributed by atoms with E-state index in [1.54, 1.807) is 30.6 Å². The zero-order valence-electron chi connectivity index (χ0n) is 22.1. The zero-order valence-corrected chi connectivity index (χ0v) is 22.1. The van der Waals surface area contributed by atoms with E-state index < -0.39 is 12.0 Å². The van der Waals surface area contributed by atoms with Crippen LogP contribution in [-0.4, -0.2) is 27.0 Å². The Balaban J connectivity index is 1.39. The number of carbonyl (C=O) groups is 1. The maximum Gasteiger partial charge on any atom is 0.329 e. The Morgan fingerprint density at radius 3 is 2.29 bits per heavy atom. The third-order valence-corrected chi connectivity index (χ3v) is 6.70. The first kappa shape index (κ1) is 27.6. The molecule has 3 aromatic rings. The average Bonchev–Trinajstić information content (AvgIpc) is 3.18. The third kappa shape index (κ3) is 6.71. The summed E-state index contributed by atoms with van der Waals surface area (Å²) < 4.78 is 41.1. The van der Waals surface area contributed by atoms with Gasteiger partial charge in [-0.15, -0.1) is 0 Å². The van der Waals surface area contributed by atoms with Crippen LogP contribution in [0.4, 0.5) is 8.78 Å². The van der Waals surface area contributed by atoms with E-state index in [0.29, 0.717) is 25.0 Å². The first-order valence-electron chi connectivity index (χ1n) is 13.6. The van der Waals surface area contributed by atoms with Crippen molar-refractivity contribution in [3.8, 4) is 34.1 Å². The predicted octanol–water partition coefficient (Wildman–Crippen LogP) is 7.90. The number of nitrogens with zero attached hydrogens (tertiary/aromatic N) is 3. The molecule has 3 heterocycles. The quantitative estimate of drug-likeness (QED) is 0.129. The van der Waals surface area contributed by atoms with Crippen LogP contribution in [0.5, 0.6) is 11.5 Å². The maximum absolute atomic E-state index is 15.1. The van der Waals surface area contributed by atoms with Crippen molar-refractivity contribution >= 4 is 5.97 Å². The Morgan fingerprint density at radius 2 is 1.58 bits per heavy atom. The van der Waals surface area contributed by atoms with Crippen molar-refractivity contribution in [2.45, 2.75) is 90.1 Å². The standard InChI is InChI=1S/C30H35F2N3O3/c1-3-5-7-8-10-11-26-30(31,32)28-25(38-26)18-17-24(35-28)29-33-19-22(20-34-29)21-13-15-23(16-14-21)37-27(36)12-9-6-4-2/h13-20,26H,3-12H2,1-2H3. The molecule has 0 radical (unpaired) electrons. The summed E-state index contributed by atoms with van der Waals surface area (Å²) in [6, 6.07) is 10.2. The van der Waals surface area contributed by atoms with Gasteiger partial charge in [-0.05, 0) is 49.1 Å². The molecule has 0 saturated carbocycles. The Hall–Kier alpha value is -3.42. The molecule has 4 rings (SSSR count). The zero-order chi connectivity index (χ0) is 27.0. The Labute approximate surface area is 222 Å². The number of pyridine rings is 1. The molecule has 0 N–H and O–H groups in total. The smallest absolute Gasteiger partial charge is 0.329 e. The van der Waals surface area contributed by atoms with Crippen molar-refractivity contribution in [1.29, 1.82) is 0 Å². The number of unbranched alkanes of at least 4 members (excludes halogenated alkanes) is 6. The number of rotatable bonds is 13.